The minimum Gasteiger partial charge on any atom is -0.493 e. The minimum absolute atomic E-state index is 0.138. The summed E-state index contributed by atoms with van der Waals surface area (Å²) in [5, 5.41) is 0. The van der Waals surface area contributed by atoms with E-state index in [1.54, 1.807) is 0 Å². The minimum atomic E-state index is 0.138. The number of hydrogen-bond acceptors (Lipinski definition) is 2. The summed E-state index contributed by atoms with van der Waals surface area (Å²) in [7, 11) is 0. The van der Waals surface area contributed by atoms with Crippen LogP contribution in [0.15, 0.2) is 35.9 Å². The van der Waals surface area contributed by atoms with Crippen LogP contribution in [0.5, 0.6) is 5.75 Å². The number of rotatable bonds is 2. The van der Waals surface area contributed by atoms with E-state index in [1.165, 1.54) is 36.8 Å². The lowest BCUT2D eigenvalue weighted by atomic mass is 9.84. The molecule has 0 radical (unpaired) electrons. The predicted octanol–water partition coefficient (Wildman–Crippen LogP) is 2.99. The van der Waals surface area contributed by atoms with Crippen LogP contribution in [0.2, 0.25) is 0 Å². The van der Waals surface area contributed by atoms with E-state index < -0.39 is 0 Å². The summed E-state index contributed by atoms with van der Waals surface area (Å²) >= 11 is 0. The van der Waals surface area contributed by atoms with Crippen molar-refractivity contribution in [2.24, 2.45) is 5.73 Å². The molecule has 2 atom stereocenters. The molecular weight excluding hydrogens is 210 g/mol. The number of fused-ring (bicyclic) bond motifs is 1. The van der Waals surface area contributed by atoms with Crippen LogP contribution >= 0.6 is 0 Å². The Morgan fingerprint density at radius 3 is 2.94 bits per heavy atom. The third-order valence-corrected chi connectivity index (χ3v) is 3.92. The van der Waals surface area contributed by atoms with Crippen LogP contribution in [0.3, 0.4) is 0 Å². The Morgan fingerprint density at radius 2 is 2.12 bits per heavy atom. The zero-order valence-corrected chi connectivity index (χ0v) is 10.1. The van der Waals surface area contributed by atoms with Crippen molar-refractivity contribution in [3.8, 4) is 5.75 Å². The molecule has 1 aromatic carbocycles. The van der Waals surface area contributed by atoms with Crippen LogP contribution in [0, 0.1) is 0 Å². The van der Waals surface area contributed by atoms with E-state index in [2.05, 4.69) is 18.2 Å². The van der Waals surface area contributed by atoms with Crippen LogP contribution in [0.4, 0.5) is 0 Å². The van der Waals surface area contributed by atoms with Gasteiger partial charge in [0.05, 0.1) is 6.61 Å². The molecular formula is C15H19NO. The maximum Gasteiger partial charge on any atom is 0.122 e. The standard InChI is InChI=1S/C15H19NO/c16-15(11-6-2-1-3-7-11)13-10-17-14-9-5-4-8-12(13)14/h4-6,8-9,13,15H,1-3,7,10,16H2. The summed E-state index contributed by atoms with van der Waals surface area (Å²) in [5.74, 6) is 1.36. The molecule has 0 amide bonds. The van der Waals surface area contributed by atoms with E-state index in [9.17, 15) is 0 Å². The van der Waals surface area contributed by atoms with Crippen molar-refractivity contribution in [1.82, 2.24) is 0 Å². The van der Waals surface area contributed by atoms with Gasteiger partial charge in [0.15, 0.2) is 0 Å². The molecule has 0 saturated heterocycles. The largest absolute Gasteiger partial charge is 0.493 e. The average molecular weight is 229 g/mol. The van der Waals surface area contributed by atoms with Gasteiger partial charge >= 0.3 is 0 Å². The van der Waals surface area contributed by atoms with Crippen LogP contribution in [0.1, 0.15) is 37.2 Å². The second-order valence-electron chi connectivity index (χ2n) is 5.01. The van der Waals surface area contributed by atoms with Gasteiger partial charge in [-0.15, -0.1) is 0 Å². The molecule has 3 rings (SSSR count). The Hall–Kier alpha value is -1.28. The Bertz CT molecular complexity index is 438. The first-order valence-electron chi connectivity index (χ1n) is 6.52. The predicted molar refractivity (Wildman–Crippen MR) is 69.2 cm³/mol. The average Bonchev–Trinajstić information content (AvgIpc) is 2.83. The number of nitrogens with two attached hydrogens (primary N) is 1. The highest BCUT2D eigenvalue weighted by molar-refractivity contribution is 5.42. The molecule has 1 aliphatic heterocycles. The molecule has 2 heteroatoms. The maximum atomic E-state index is 6.42. The van der Waals surface area contributed by atoms with Crippen molar-refractivity contribution in [2.45, 2.75) is 37.6 Å². The van der Waals surface area contributed by atoms with Gasteiger partial charge in [-0.05, 0) is 31.7 Å². The van der Waals surface area contributed by atoms with Gasteiger partial charge in [0.2, 0.25) is 0 Å². The lowest BCUT2D eigenvalue weighted by Crippen LogP contribution is -2.32. The highest BCUT2D eigenvalue weighted by Gasteiger charge is 2.31. The molecule has 2 nitrogen and oxygen atoms in total. The molecule has 17 heavy (non-hydrogen) atoms. The number of ether oxygens (including phenoxy) is 1. The third-order valence-electron chi connectivity index (χ3n) is 3.92. The quantitative estimate of drug-likeness (QED) is 0.791. The highest BCUT2D eigenvalue weighted by atomic mass is 16.5. The van der Waals surface area contributed by atoms with Crippen LogP contribution in [0.25, 0.3) is 0 Å². The number of hydrogen-bond donors (Lipinski definition) is 1. The highest BCUT2D eigenvalue weighted by Crippen LogP contribution is 2.38. The van der Waals surface area contributed by atoms with Gasteiger partial charge in [0.25, 0.3) is 0 Å². The third kappa shape index (κ3) is 1.98. The molecule has 1 aliphatic carbocycles. The van der Waals surface area contributed by atoms with Crippen molar-refractivity contribution in [3.05, 3.63) is 41.5 Å². The summed E-state index contributed by atoms with van der Waals surface area (Å²) in [6.45, 7) is 0.734. The van der Waals surface area contributed by atoms with Crippen LogP contribution in [-0.2, 0) is 0 Å². The summed E-state index contributed by atoms with van der Waals surface area (Å²) < 4.78 is 5.72. The molecule has 0 aromatic heterocycles. The normalized spacial score (nSPS) is 24.8. The topological polar surface area (TPSA) is 35.2 Å². The van der Waals surface area contributed by atoms with Crippen LogP contribution < -0.4 is 10.5 Å². The molecule has 0 bridgehead atoms. The lowest BCUT2D eigenvalue weighted by Gasteiger charge is -2.24. The summed E-state index contributed by atoms with van der Waals surface area (Å²) in [5.41, 5.74) is 9.14. The van der Waals surface area contributed by atoms with Gasteiger partial charge in [-0.2, -0.15) is 0 Å². The zero-order chi connectivity index (χ0) is 11.7. The van der Waals surface area contributed by atoms with Gasteiger partial charge in [-0.3, -0.25) is 0 Å². The first kappa shape index (κ1) is 10.8. The first-order chi connectivity index (χ1) is 8.36. The summed E-state index contributed by atoms with van der Waals surface area (Å²) in [6, 6.07) is 8.42. The molecule has 90 valence electrons. The fourth-order valence-corrected chi connectivity index (χ4v) is 2.91. The number of allylic oxidation sites excluding steroid dienone is 1. The van der Waals surface area contributed by atoms with Crippen molar-refractivity contribution in [1.29, 1.82) is 0 Å². The van der Waals surface area contributed by atoms with Gasteiger partial charge in [-0.1, -0.05) is 29.8 Å². The van der Waals surface area contributed by atoms with E-state index in [4.69, 9.17) is 10.5 Å². The molecule has 2 aliphatic rings. The Balaban J connectivity index is 1.84. The smallest absolute Gasteiger partial charge is 0.122 e. The van der Waals surface area contributed by atoms with Gasteiger partial charge < -0.3 is 10.5 Å². The van der Waals surface area contributed by atoms with E-state index >= 15 is 0 Å². The van der Waals surface area contributed by atoms with E-state index in [1.807, 2.05) is 12.1 Å². The molecule has 2 unspecified atom stereocenters. The molecule has 1 aromatic rings. The van der Waals surface area contributed by atoms with Crippen molar-refractivity contribution in [3.63, 3.8) is 0 Å². The molecule has 0 fully saturated rings. The second-order valence-corrected chi connectivity index (χ2v) is 5.01. The molecule has 0 spiro atoms. The molecule has 2 N–H and O–H groups in total. The van der Waals surface area contributed by atoms with E-state index in [-0.39, 0.29) is 6.04 Å². The van der Waals surface area contributed by atoms with Crippen molar-refractivity contribution < 1.29 is 4.74 Å². The maximum absolute atomic E-state index is 6.42. The monoisotopic (exact) mass is 229 g/mol. The van der Waals surface area contributed by atoms with Crippen molar-refractivity contribution >= 4 is 0 Å². The van der Waals surface area contributed by atoms with Crippen LogP contribution in [-0.4, -0.2) is 12.6 Å². The SMILES string of the molecule is NC(C1=CCCCC1)C1COc2ccccc21. The lowest BCUT2D eigenvalue weighted by molar-refractivity contribution is 0.319. The van der Waals surface area contributed by atoms with Gasteiger partial charge in [-0.25, -0.2) is 0 Å². The molecule has 0 saturated carbocycles. The van der Waals surface area contributed by atoms with E-state index in [0.717, 1.165) is 12.4 Å². The number of para-hydroxylation sites is 1. The first-order valence-corrected chi connectivity index (χ1v) is 6.52. The Kier molecular flexibility index (Phi) is 2.89. The molecule has 1 heterocycles. The summed E-state index contributed by atoms with van der Waals surface area (Å²) in [6.07, 6.45) is 7.30. The zero-order valence-electron chi connectivity index (χ0n) is 10.1. The fraction of sp³-hybridized carbons (Fsp3) is 0.467. The van der Waals surface area contributed by atoms with Crippen molar-refractivity contribution in [2.75, 3.05) is 6.61 Å². The van der Waals surface area contributed by atoms with Gasteiger partial charge in [0.1, 0.15) is 5.75 Å². The summed E-state index contributed by atoms with van der Waals surface area (Å²) in [4.78, 5) is 0. The second kappa shape index (κ2) is 4.53. The number of benzene rings is 1. The van der Waals surface area contributed by atoms with E-state index in [0.29, 0.717) is 5.92 Å². The van der Waals surface area contributed by atoms with Gasteiger partial charge in [0, 0.05) is 17.5 Å². The Morgan fingerprint density at radius 1 is 1.24 bits per heavy atom. The Labute approximate surface area is 102 Å². The fourth-order valence-electron chi connectivity index (χ4n) is 2.91.